The molecule has 106 valence electrons. The first kappa shape index (κ1) is 14.0. The summed E-state index contributed by atoms with van der Waals surface area (Å²) in [5, 5.41) is 11.8. The second-order valence-corrected chi connectivity index (χ2v) is 4.53. The molecular formula is C13H18N6O. The quantitative estimate of drug-likeness (QED) is 0.368. The molecule has 2 heterocycles. The summed E-state index contributed by atoms with van der Waals surface area (Å²) in [4.78, 5) is 14.9. The molecule has 0 amide bonds. The highest BCUT2D eigenvalue weighted by molar-refractivity contribution is 5.82. The summed E-state index contributed by atoms with van der Waals surface area (Å²) in [5.41, 5.74) is 6.99. The average Bonchev–Trinajstić information content (AvgIpc) is 2.51. The summed E-state index contributed by atoms with van der Waals surface area (Å²) in [6, 6.07) is 3.79. The van der Waals surface area contributed by atoms with Crippen LogP contribution in [-0.4, -0.2) is 39.1 Å². The van der Waals surface area contributed by atoms with Gasteiger partial charge < -0.3 is 15.8 Å². The molecule has 0 spiro atoms. The van der Waals surface area contributed by atoms with Gasteiger partial charge in [0.2, 0.25) is 0 Å². The Labute approximate surface area is 117 Å². The lowest BCUT2D eigenvalue weighted by Gasteiger charge is -2.25. The molecule has 0 aliphatic rings. The van der Waals surface area contributed by atoms with E-state index in [1.54, 1.807) is 12.4 Å². The highest BCUT2D eigenvalue weighted by Gasteiger charge is 2.14. The molecular weight excluding hydrogens is 256 g/mol. The third-order valence-electron chi connectivity index (χ3n) is 3.14. The van der Waals surface area contributed by atoms with Gasteiger partial charge in [0.25, 0.3) is 0 Å². The normalized spacial score (nSPS) is 13.4. The van der Waals surface area contributed by atoms with Crippen molar-refractivity contribution in [2.45, 2.75) is 13.8 Å². The van der Waals surface area contributed by atoms with E-state index in [1.165, 1.54) is 0 Å². The average molecular weight is 274 g/mol. The maximum absolute atomic E-state index is 8.71. The Hall–Kier alpha value is -2.44. The Kier molecular flexibility index (Phi) is 4.29. The fourth-order valence-corrected chi connectivity index (χ4v) is 1.93. The maximum atomic E-state index is 8.71. The van der Waals surface area contributed by atoms with Crippen LogP contribution in [-0.2, 0) is 0 Å². The van der Waals surface area contributed by atoms with Crippen molar-refractivity contribution < 1.29 is 5.21 Å². The van der Waals surface area contributed by atoms with Crippen molar-refractivity contribution >= 4 is 22.8 Å². The van der Waals surface area contributed by atoms with Crippen LogP contribution in [0.3, 0.4) is 0 Å². The summed E-state index contributed by atoms with van der Waals surface area (Å²) < 4.78 is 0. The molecule has 3 N–H and O–H groups in total. The van der Waals surface area contributed by atoms with E-state index in [-0.39, 0.29) is 11.8 Å². The van der Waals surface area contributed by atoms with Gasteiger partial charge in [-0.25, -0.2) is 9.97 Å². The standard InChI is InChI=1S/C13H18N6O/c1-3-19(8-9(2)12(14)18-20)11-5-4-10-13(17-11)16-7-6-15-10/h4-7,9,20H,3,8H2,1-2H3,(H2,14,18). The summed E-state index contributed by atoms with van der Waals surface area (Å²) in [7, 11) is 0. The summed E-state index contributed by atoms with van der Waals surface area (Å²) in [6.07, 6.45) is 3.26. The van der Waals surface area contributed by atoms with Gasteiger partial charge in [0.1, 0.15) is 17.2 Å². The molecule has 1 unspecified atom stereocenters. The van der Waals surface area contributed by atoms with Gasteiger partial charge in [0.05, 0.1) is 0 Å². The van der Waals surface area contributed by atoms with E-state index in [0.29, 0.717) is 12.2 Å². The Balaban J connectivity index is 2.25. The zero-order valence-corrected chi connectivity index (χ0v) is 11.6. The van der Waals surface area contributed by atoms with Crippen LogP contribution in [0.4, 0.5) is 5.82 Å². The number of amidine groups is 1. The third kappa shape index (κ3) is 2.93. The van der Waals surface area contributed by atoms with Crippen molar-refractivity contribution in [2.24, 2.45) is 16.8 Å². The monoisotopic (exact) mass is 274 g/mol. The number of pyridine rings is 1. The number of hydrogen-bond donors (Lipinski definition) is 2. The first-order chi connectivity index (χ1) is 9.65. The molecule has 0 aliphatic carbocycles. The molecule has 7 heteroatoms. The molecule has 0 aromatic carbocycles. The van der Waals surface area contributed by atoms with Crippen molar-refractivity contribution in [1.82, 2.24) is 15.0 Å². The van der Waals surface area contributed by atoms with Crippen molar-refractivity contribution in [3.8, 4) is 0 Å². The van der Waals surface area contributed by atoms with Gasteiger partial charge in [-0.1, -0.05) is 12.1 Å². The van der Waals surface area contributed by atoms with Crippen LogP contribution in [0.1, 0.15) is 13.8 Å². The Morgan fingerprint density at radius 2 is 2.15 bits per heavy atom. The van der Waals surface area contributed by atoms with E-state index < -0.39 is 0 Å². The number of anilines is 1. The van der Waals surface area contributed by atoms with E-state index in [1.807, 2.05) is 26.0 Å². The van der Waals surface area contributed by atoms with Crippen molar-refractivity contribution in [1.29, 1.82) is 0 Å². The topological polar surface area (TPSA) is 101 Å². The maximum Gasteiger partial charge on any atom is 0.180 e. The number of fused-ring (bicyclic) bond motifs is 1. The number of nitrogens with zero attached hydrogens (tertiary/aromatic N) is 5. The Morgan fingerprint density at radius 1 is 1.40 bits per heavy atom. The van der Waals surface area contributed by atoms with Gasteiger partial charge in [-0.3, -0.25) is 4.98 Å². The molecule has 2 aromatic rings. The predicted octanol–water partition coefficient (Wildman–Crippen LogP) is 1.23. The Morgan fingerprint density at radius 3 is 2.85 bits per heavy atom. The fourth-order valence-electron chi connectivity index (χ4n) is 1.93. The van der Waals surface area contributed by atoms with Crippen LogP contribution in [0.25, 0.3) is 11.2 Å². The lowest BCUT2D eigenvalue weighted by molar-refractivity contribution is 0.314. The zero-order valence-electron chi connectivity index (χ0n) is 11.6. The van der Waals surface area contributed by atoms with Crippen molar-refractivity contribution in [3.05, 3.63) is 24.5 Å². The van der Waals surface area contributed by atoms with E-state index in [9.17, 15) is 0 Å². The molecule has 2 rings (SSSR count). The molecule has 0 saturated heterocycles. The molecule has 0 fully saturated rings. The van der Waals surface area contributed by atoms with Gasteiger partial charge in [0.15, 0.2) is 5.65 Å². The summed E-state index contributed by atoms with van der Waals surface area (Å²) >= 11 is 0. The number of nitrogens with two attached hydrogens (primary N) is 1. The first-order valence-electron chi connectivity index (χ1n) is 6.45. The third-order valence-corrected chi connectivity index (χ3v) is 3.14. The molecule has 20 heavy (non-hydrogen) atoms. The highest BCUT2D eigenvalue weighted by atomic mass is 16.4. The molecule has 7 nitrogen and oxygen atoms in total. The van der Waals surface area contributed by atoms with Crippen LogP contribution in [0.5, 0.6) is 0 Å². The van der Waals surface area contributed by atoms with E-state index >= 15 is 0 Å². The van der Waals surface area contributed by atoms with Gasteiger partial charge in [-0.05, 0) is 19.1 Å². The summed E-state index contributed by atoms with van der Waals surface area (Å²) in [5.74, 6) is 0.946. The number of rotatable bonds is 5. The zero-order chi connectivity index (χ0) is 14.5. The smallest absolute Gasteiger partial charge is 0.180 e. The predicted molar refractivity (Wildman–Crippen MR) is 77.8 cm³/mol. The van der Waals surface area contributed by atoms with Crippen molar-refractivity contribution in [3.63, 3.8) is 0 Å². The second-order valence-electron chi connectivity index (χ2n) is 4.53. The number of aromatic nitrogens is 3. The summed E-state index contributed by atoms with van der Waals surface area (Å²) in [6.45, 7) is 5.31. The lowest BCUT2D eigenvalue weighted by atomic mass is 10.1. The van der Waals surface area contributed by atoms with Crippen LogP contribution in [0.2, 0.25) is 0 Å². The molecule has 0 bridgehead atoms. The minimum absolute atomic E-state index is 0.0701. The minimum atomic E-state index is -0.0701. The molecule has 1 atom stereocenters. The van der Waals surface area contributed by atoms with Crippen LogP contribution < -0.4 is 10.6 Å². The fraction of sp³-hybridized carbons (Fsp3) is 0.385. The Bertz CT molecular complexity index is 615. The lowest BCUT2D eigenvalue weighted by Crippen LogP contribution is -2.35. The van der Waals surface area contributed by atoms with Gasteiger partial charge in [-0.2, -0.15) is 0 Å². The first-order valence-corrected chi connectivity index (χ1v) is 6.45. The minimum Gasteiger partial charge on any atom is -0.409 e. The van der Waals surface area contributed by atoms with Crippen LogP contribution in [0.15, 0.2) is 29.7 Å². The van der Waals surface area contributed by atoms with Crippen LogP contribution in [0, 0.1) is 5.92 Å². The van der Waals surface area contributed by atoms with Crippen molar-refractivity contribution in [2.75, 3.05) is 18.0 Å². The van der Waals surface area contributed by atoms with E-state index in [0.717, 1.165) is 17.9 Å². The van der Waals surface area contributed by atoms with Gasteiger partial charge in [0, 0.05) is 31.4 Å². The number of hydrogen-bond acceptors (Lipinski definition) is 6. The van der Waals surface area contributed by atoms with E-state index in [4.69, 9.17) is 10.9 Å². The SMILES string of the molecule is CCN(CC(C)/C(N)=N/O)c1ccc2nccnc2n1. The molecule has 2 aromatic heterocycles. The van der Waals surface area contributed by atoms with E-state index in [2.05, 4.69) is 25.0 Å². The number of oxime groups is 1. The second kappa shape index (κ2) is 6.14. The molecule has 0 radical (unpaired) electrons. The highest BCUT2D eigenvalue weighted by Crippen LogP contribution is 2.16. The van der Waals surface area contributed by atoms with Gasteiger partial charge in [-0.15, -0.1) is 0 Å². The molecule has 0 saturated carbocycles. The molecule has 0 aliphatic heterocycles. The van der Waals surface area contributed by atoms with Crippen LogP contribution >= 0.6 is 0 Å². The largest absolute Gasteiger partial charge is 0.409 e. The van der Waals surface area contributed by atoms with Gasteiger partial charge >= 0.3 is 0 Å².